The van der Waals surface area contributed by atoms with Crippen LogP contribution in [0.4, 0.5) is 4.79 Å². The van der Waals surface area contributed by atoms with Gasteiger partial charge in [-0.15, -0.1) is 0 Å². The maximum absolute atomic E-state index is 11.7. The molecule has 1 aromatic heterocycles. The maximum atomic E-state index is 11.7. The van der Waals surface area contributed by atoms with Gasteiger partial charge in [-0.3, -0.25) is 4.79 Å². The van der Waals surface area contributed by atoms with E-state index in [2.05, 4.69) is 21.7 Å². The van der Waals surface area contributed by atoms with Crippen molar-refractivity contribution >= 4 is 33.8 Å². The summed E-state index contributed by atoms with van der Waals surface area (Å²) in [6.45, 7) is 0.543. The summed E-state index contributed by atoms with van der Waals surface area (Å²) in [5.41, 5.74) is 2.28. The summed E-state index contributed by atoms with van der Waals surface area (Å²) in [6, 6.07) is 7.49. The van der Waals surface area contributed by atoms with Gasteiger partial charge in [-0.1, -0.05) is 30.0 Å². The normalized spacial score (nSPS) is 18.1. The van der Waals surface area contributed by atoms with E-state index in [9.17, 15) is 9.59 Å². The van der Waals surface area contributed by atoms with Crippen LogP contribution < -0.4 is 10.6 Å². The molecule has 110 valence electrons. The Balaban J connectivity index is 1.49. The molecule has 3 N–H and O–H groups in total. The number of thioether (sulfide) groups is 1. The van der Waals surface area contributed by atoms with Crippen LogP contribution in [0, 0.1) is 0 Å². The highest BCUT2D eigenvalue weighted by molar-refractivity contribution is 8.14. The number of aromatic amines is 1. The van der Waals surface area contributed by atoms with E-state index in [0.29, 0.717) is 6.54 Å². The predicted molar refractivity (Wildman–Crippen MR) is 84.4 cm³/mol. The summed E-state index contributed by atoms with van der Waals surface area (Å²) in [4.78, 5) is 26.4. The third-order valence-corrected chi connectivity index (χ3v) is 4.60. The fourth-order valence-electron chi connectivity index (χ4n) is 2.49. The lowest BCUT2D eigenvalue weighted by atomic mass is 10.1. The average molecular weight is 303 g/mol. The number of hydrogen-bond acceptors (Lipinski definition) is 3. The van der Waals surface area contributed by atoms with Crippen molar-refractivity contribution in [1.29, 1.82) is 0 Å². The van der Waals surface area contributed by atoms with Crippen LogP contribution >= 0.6 is 11.8 Å². The number of carbonyl (C=O) groups excluding carboxylic acids is 2. The van der Waals surface area contributed by atoms with Crippen LogP contribution in [0.25, 0.3) is 10.9 Å². The van der Waals surface area contributed by atoms with Crippen molar-refractivity contribution < 1.29 is 9.59 Å². The van der Waals surface area contributed by atoms with Crippen LogP contribution in [-0.2, 0) is 11.2 Å². The van der Waals surface area contributed by atoms with Crippen LogP contribution in [0.5, 0.6) is 0 Å². The first-order valence-corrected chi connectivity index (χ1v) is 7.98. The number of hydrogen-bond donors (Lipinski definition) is 3. The minimum absolute atomic E-state index is 0.0572. The van der Waals surface area contributed by atoms with Gasteiger partial charge in [0.1, 0.15) is 6.04 Å². The van der Waals surface area contributed by atoms with Crippen molar-refractivity contribution in [1.82, 2.24) is 15.6 Å². The second-order valence-electron chi connectivity index (χ2n) is 5.02. The summed E-state index contributed by atoms with van der Waals surface area (Å²) in [6.07, 6.45) is 3.45. The second-order valence-corrected chi connectivity index (χ2v) is 6.12. The quantitative estimate of drug-likeness (QED) is 0.809. The van der Waals surface area contributed by atoms with Crippen LogP contribution in [0.2, 0.25) is 0 Å². The molecule has 1 fully saturated rings. The topological polar surface area (TPSA) is 74.0 Å². The third-order valence-electron chi connectivity index (χ3n) is 3.60. The summed E-state index contributed by atoms with van der Waals surface area (Å²) in [7, 11) is 0. The van der Waals surface area contributed by atoms with Crippen LogP contribution in [0.3, 0.4) is 0 Å². The molecule has 1 unspecified atom stereocenters. The fourth-order valence-corrected chi connectivity index (χ4v) is 3.42. The zero-order valence-corrected chi connectivity index (χ0v) is 12.3. The Bertz CT molecular complexity index is 668. The fraction of sp³-hybridized carbons (Fsp3) is 0.333. The zero-order valence-electron chi connectivity index (χ0n) is 11.5. The molecule has 1 aromatic carbocycles. The molecule has 0 bridgehead atoms. The van der Waals surface area contributed by atoms with E-state index in [0.717, 1.165) is 24.1 Å². The van der Waals surface area contributed by atoms with Crippen molar-refractivity contribution in [3.8, 4) is 0 Å². The minimum atomic E-state index is -0.330. The average Bonchev–Trinajstić information content (AvgIpc) is 3.07. The zero-order chi connectivity index (χ0) is 14.7. The number of amides is 2. The Kier molecular flexibility index (Phi) is 4.15. The Morgan fingerprint density at radius 1 is 1.38 bits per heavy atom. The Morgan fingerprint density at radius 2 is 2.24 bits per heavy atom. The number of nitrogens with one attached hydrogen (secondary N) is 3. The van der Waals surface area contributed by atoms with Gasteiger partial charge in [0.15, 0.2) is 0 Å². The smallest absolute Gasteiger partial charge is 0.315 e. The van der Waals surface area contributed by atoms with Gasteiger partial charge < -0.3 is 15.6 Å². The monoisotopic (exact) mass is 303 g/mol. The molecular formula is C15H17N3O2S. The lowest BCUT2D eigenvalue weighted by Gasteiger charge is -2.11. The molecule has 1 aliphatic heterocycles. The number of para-hydroxylation sites is 1. The molecule has 2 amide bonds. The largest absolute Gasteiger partial charge is 0.361 e. The van der Waals surface area contributed by atoms with Crippen LogP contribution in [-0.4, -0.2) is 34.5 Å². The van der Waals surface area contributed by atoms with E-state index >= 15 is 0 Å². The van der Waals surface area contributed by atoms with Crippen molar-refractivity contribution in [2.75, 3.05) is 12.3 Å². The second kappa shape index (κ2) is 6.22. The van der Waals surface area contributed by atoms with Gasteiger partial charge in [0.05, 0.1) is 0 Å². The van der Waals surface area contributed by atoms with Gasteiger partial charge in [-0.2, -0.15) is 0 Å². The lowest BCUT2D eigenvalue weighted by Crippen LogP contribution is -2.44. The molecule has 2 aromatic rings. The molecule has 1 aliphatic rings. The van der Waals surface area contributed by atoms with E-state index in [1.807, 2.05) is 24.4 Å². The van der Waals surface area contributed by atoms with E-state index < -0.39 is 0 Å². The molecule has 21 heavy (non-hydrogen) atoms. The van der Waals surface area contributed by atoms with E-state index in [1.165, 1.54) is 22.7 Å². The van der Waals surface area contributed by atoms with Gasteiger partial charge in [0.25, 0.3) is 0 Å². The number of carbonyl (C=O) groups is 2. The number of rotatable bonds is 4. The van der Waals surface area contributed by atoms with Crippen LogP contribution in [0.1, 0.15) is 12.0 Å². The Morgan fingerprint density at radius 3 is 3.05 bits per heavy atom. The van der Waals surface area contributed by atoms with Gasteiger partial charge in [0.2, 0.25) is 5.12 Å². The maximum Gasteiger partial charge on any atom is 0.315 e. The Labute approximate surface area is 126 Å². The first-order valence-electron chi connectivity index (χ1n) is 7.00. The molecule has 1 atom stereocenters. The van der Waals surface area contributed by atoms with Gasteiger partial charge >= 0.3 is 6.03 Å². The number of aromatic nitrogens is 1. The Hall–Kier alpha value is -1.95. The number of fused-ring (bicyclic) bond motifs is 1. The van der Waals surface area contributed by atoms with E-state index in [1.54, 1.807) is 0 Å². The number of H-pyrrole nitrogens is 1. The predicted octanol–water partition coefficient (Wildman–Crippen LogP) is 2.04. The first-order chi connectivity index (χ1) is 10.2. The van der Waals surface area contributed by atoms with Gasteiger partial charge in [-0.05, 0) is 24.5 Å². The first kappa shape index (κ1) is 14.0. The van der Waals surface area contributed by atoms with Crippen molar-refractivity contribution in [2.45, 2.75) is 18.9 Å². The van der Waals surface area contributed by atoms with Gasteiger partial charge in [-0.25, -0.2) is 4.79 Å². The van der Waals surface area contributed by atoms with Crippen molar-refractivity contribution in [2.24, 2.45) is 0 Å². The van der Waals surface area contributed by atoms with Gasteiger partial charge in [0, 0.05) is 29.4 Å². The van der Waals surface area contributed by atoms with E-state index in [4.69, 9.17) is 0 Å². The number of urea groups is 1. The van der Waals surface area contributed by atoms with E-state index in [-0.39, 0.29) is 17.2 Å². The molecule has 0 radical (unpaired) electrons. The summed E-state index contributed by atoms with van der Waals surface area (Å²) in [5.74, 6) is 0.791. The highest BCUT2D eigenvalue weighted by Gasteiger charge is 2.26. The molecule has 2 heterocycles. The highest BCUT2D eigenvalue weighted by Crippen LogP contribution is 2.19. The molecular weight excluding hydrogens is 286 g/mol. The molecule has 0 aliphatic carbocycles. The molecule has 0 spiro atoms. The third kappa shape index (κ3) is 3.21. The molecule has 3 rings (SSSR count). The molecule has 5 nitrogen and oxygen atoms in total. The molecule has 6 heteroatoms. The summed E-state index contributed by atoms with van der Waals surface area (Å²) < 4.78 is 0. The summed E-state index contributed by atoms with van der Waals surface area (Å²) >= 11 is 1.29. The van der Waals surface area contributed by atoms with Crippen molar-refractivity contribution in [3.05, 3.63) is 36.0 Å². The van der Waals surface area contributed by atoms with Crippen molar-refractivity contribution in [3.63, 3.8) is 0 Å². The summed E-state index contributed by atoms with van der Waals surface area (Å²) in [5, 5.41) is 6.77. The SMILES string of the molecule is O=C(NCCc1c[nH]c2ccccc12)NC1CCSC1=O. The standard InChI is InChI=1S/C15H17N3O2S/c19-14-13(6-8-21-14)18-15(20)16-7-5-10-9-17-12-4-2-1-3-11(10)12/h1-4,9,13,17H,5-8H2,(H2,16,18,20). The highest BCUT2D eigenvalue weighted by atomic mass is 32.2. The lowest BCUT2D eigenvalue weighted by molar-refractivity contribution is -0.112. The molecule has 0 saturated carbocycles. The van der Waals surface area contributed by atoms with Crippen LogP contribution in [0.15, 0.2) is 30.5 Å². The number of benzene rings is 1. The molecule has 1 saturated heterocycles. The minimum Gasteiger partial charge on any atom is -0.361 e.